The summed E-state index contributed by atoms with van der Waals surface area (Å²) in [5, 5.41) is 31.3. The first-order valence-corrected chi connectivity index (χ1v) is 11.1. The van der Waals surface area contributed by atoms with E-state index in [1.54, 1.807) is 24.5 Å². The minimum absolute atomic E-state index is 0.569. The van der Waals surface area contributed by atoms with Gasteiger partial charge in [-0.2, -0.15) is 0 Å². The van der Waals surface area contributed by atoms with Crippen molar-refractivity contribution in [1.29, 1.82) is 0 Å². The molecule has 1 aromatic rings. The number of ether oxygens (including phenoxy) is 2. The van der Waals surface area contributed by atoms with Gasteiger partial charge in [0, 0.05) is 5.02 Å². The Hall–Kier alpha value is -1.28. The molecule has 1 saturated heterocycles. The van der Waals surface area contributed by atoms with Crippen molar-refractivity contribution in [1.82, 2.24) is 0 Å². The molecule has 3 N–H and O–H groups in total. The van der Waals surface area contributed by atoms with Crippen LogP contribution >= 0.6 is 23.4 Å². The van der Waals surface area contributed by atoms with E-state index in [-0.39, 0.29) is 0 Å². The van der Waals surface area contributed by atoms with Gasteiger partial charge in [-0.1, -0.05) is 42.0 Å². The van der Waals surface area contributed by atoms with Crippen LogP contribution in [0.4, 0.5) is 0 Å². The lowest BCUT2D eigenvalue weighted by atomic mass is 9.92. The highest BCUT2D eigenvalue weighted by atomic mass is 35.5. The van der Waals surface area contributed by atoms with Crippen molar-refractivity contribution in [3.05, 3.63) is 70.5 Å². The average Bonchev–Trinajstić information content (AvgIpc) is 2.71. The second-order valence-electron chi connectivity index (χ2n) is 6.88. The number of aliphatic hydroxyl groups is 3. The van der Waals surface area contributed by atoms with Gasteiger partial charge in [0.25, 0.3) is 0 Å². The van der Waals surface area contributed by atoms with E-state index in [0.717, 1.165) is 11.1 Å². The summed E-state index contributed by atoms with van der Waals surface area (Å²) in [4.78, 5) is 0. The molecule has 5 atom stereocenters. The van der Waals surface area contributed by atoms with Gasteiger partial charge in [0.05, 0.1) is 6.61 Å². The molecule has 1 aromatic carbocycles. The van der Waals surface area contributed by atoms with Gasteiger partial charge in [0.2, 0.25) is 0 Å². The van der Waals surface area contributed by atoms with Gasteiger partial charge >= 0.3 is 0 Å². The Morgan fingerprint density at radius 3 is 2.59 bits per heavy atom. The second-order valence-corrected chi connectivity index (χ2v) is 8.22. The molecule has 0 saturated carbocycles. The fourth-order valence-electron chi connectivity index (χ4n) is 3.15. The molecular weight excluding hydrogens is 412 g/mol. The monoisotopic (exact) mass is 440 g/mol. The van der Waals surface area contributed by atoms with Crippen LogP contribution in [-0.4, -0.2) is 51.9 Å². The summed E-state index contributed by atoms with van der Waals surface area (Å²) in [5.41, 5.74) is 2.01. The van der Waals surface area contributed by atoms with Crippen molar-refractivity contribution >= 4 is 23.4 Å². The number of allylic oxidation sites excluding steroid dienone is 4. The number of aliphatic hydroxyl groups excluding tert-OH is 3. The number of rotatable bonds is 8. The Morgan fingerprint density at radius 2 is 1.97 bits per heavy atom. The molecule has 0 spiro atoms. The van der Waals surface area contributed by atoms with E-state index in [2.05, 4.69) is 6.58 Å². The van der Waals surface area contributed by atoms with E-state index in [4.69, 9.17) is 21.1 Å². The van der Waals surface area contributed by atoms with Gasteiger partial charge in [0.15, 0.2) is 0 Å². The third-order valence-corrected chi connectivity index (χ3v) is 5.94. The van der Waals surface area contributed by atoms with Crippen LogP contribution in [0.1, 0.15) is 31.1 Å². The molecule has 1 aliphatic rings. The zero-order valence-electron chi connectivity index (χ0n) is 16.9. The van der Waals surface area contributed by atoms with Crippen molar-refractivity contribution < 1.29 is 24.8 Å². The van der Waals surface area contributed by atoms with Gasteiger partial charge < -0.3 is 24.8 Å². The lowest BCUT2D eigenvalue weighted by Gasteiger charge is -2.40. The minimum atomic E-state index is -1.28. The van der Waals surface area contributed by atoms with E-state index in [9.17, 15) is 15.3 Å². The molecule has 1 heterocycles. The number of hydrogen-bond acceptors (Lipinski definition) is 6. The van der Waals surface area contributed by atoms with Gasteiger partial charge in [-0.25, -0.2) is 0 Å². The largest absolute Gasteiger partial charge is 0.494 e. The highest BCUT2D eigenvalue weighted by Gasteiger charge is 2.44. The smallest absolute Gasteiger partial charge is 0.132 e. The summed E-state index contributed by atoms with van der Waals surface area (Å²) in [6.45, 7) is 8.20. The first-order chi connectivity index (χ1) is 13.8. The van der Waals surface area contributed by atoms with E-state index in [0.29, 0.717) is 29.4 Å². The topological polar surface area (TPSA) is 79.2 Å². The molecular formula is C22H29ClO5S. The average molecular weight is 441 g/mol. The summed E-state index contributed by atoms with van der Waals surface area (Å²) in [7, 11) is 0. The normalized spacial score (nSPS) is 28.3. The fourth-order valence-corrected chi connectivity index (χ4v) is 4.01. The summed E-state index contributed by atoms with van der Waals surface area (Å²) in [6.07, 6.45) is 3.43. The number of hydrogen-bond donors (Lipinski definition) is 3. The van der Waals surface area contributed by atoms with Gasteiger partial charge in [-0.15, -0.1) is 11.8 Å². The van der Waals surface area contributed by atoms with Crippen LogP contribution in [0.15, 0.2) is 54.3 Å². The Bertz CT molecular complexity index is 762. The molecule has 5 nitrogen and oxygen atoms in total. The molecule has 160 valence electrons. The third kappa shape index (κ3) is 6.10. The fraction of sp³-hybridized carbons (Fsp3) is 0.455. The highest BCUT2D eigenvalue weighted by molar-refractivity contribution is 7.99. The molecule has 1 unspecified atom stereocenters. The molecule has 1 aliphatic heterocycles. The van der Waals surface area contributed by atoms with Crippen LogP contribution in [0, 0.1) is 0 Å². The van der Waals surface area contributed by atoms with E-state index < -0.39 is 29.9 Å². The molecule has 2 rings (SSSR count). The molecule has 0 aromatic heterocycles. The van der Waals surface area contributed by atoms with Crippen LogP contribution in [-0.2, 0) is 15.9 Å². The number of thioether (sulfide) groups is 1. The van der Waals surface area contributed by atoms with Crippen molar-refractivity contribution in [3.63, 3.8) is 0 Å². The molecule has 1 fully saturated rings. The molecule has 0 aliphatic carbocycles. The predicted octanol–water partition coefficient (Wildman–Crippen LogP) is 3.78. The van der Waals surface area contributed by atoms with E-state index in [1.165, 1.54) is 11.8 Å². The van der Waals surface area contributed by atoms with Crippen LogP contribution in [0.5, 0.6) is 0 Å². The van der Waals surface area contributed by atoms with Crippen molar-refractivity contribution in [3.8, 4) is 0 Å². The van der Waals surface area contributed by atoms with Gasteiger partial charge in [-0.3, -0.25) is 0 Å². The van der Waals surface area contributed by atoms with Crippen molar-refractivity contribution in [2.24, 2.45) is 0 Å². The highest BCUT2D eigenvalue weighted by Crippen LogP contribution is 2.37. The zero-order valence-corrected chi connectivity index (χ0v) is 18.5. The summed E-state index contributed by atoms with van der Waals surface area (Å²) in [6, 6.07) is 5.40. The zero-order chi connectivity index (χ0) is 21.6. The van der Waals surface area contributed by atoms with Crippen LogP contribution in [0.3, 0.4) is 0 Å². The number of halogens is 1. The Morgan fingerprint density at radius 1 is 1.24 bits per heavy atom. The first-order valence-electron chi connectivity index (χ1n) is 9.45. The lowest BCUT2D eigenvalue weighted by Crippen LogP contribution is -2.52. The first kappa shape index (κ1) is 24.0. The van der Waals surface area contributed by atoms with Gasteiger partial charge in [-0.05, 0) is 55.9 Å². The Labute approximate surface area is 181 Å². The van der Waals surface area contributed by atoms with E-state index in [1.807, 2.05) is 32.1 Å². The summed E-state index contributed by atoms with van der Waals surface area (Å²) >= 11 is 7.67. The van der Waals surface area contributed by atoms with Crippen LogP contribution < -0.4 is 0 Å². The molecule has 29 heavy (non-hydrogen) atoms. The molecule has 0 radical (unpaired) electrons. The maximum atomic E-state index is 10.4. The third-order valence-electron chi connectivity index (χ3n) is 4.71. The minimum Gasteiger partial charge on any atom is -0.494 e. The van der Waals surface area contributed by atoms with Crippen LogP contribution in [0.2, 0.25) is 5.02 Å². The van der Waals surface area contributed by atoms with Gasteiger partial charge in [0.1, 0.15) is 35.6 Å². The predicted molar refractivity (Wildman–Crippen MR) is 118 cm³/mol. The summed E-state index contributed by atoms with van der Waals surface area (Å²) in [5.74, 6) is 0.695. The Kier molecular flexibility index (Phi) is 9.27. The quantitative estimate of drug-likeness (QED) is 0.421. The molecule has 7 heteroatoms. The molecule has 0 amide bonds. The van der Waals surface area contributed by atoms with Crippen LogP contribution in [0.25, 0.3) is 0 Å². The number of benzene rings is 1. The van der Waals surface area contributed by atoms with Crippen molar-refractivity contribution in [2.75, 3.05) is 12.9 Å². The maximum absolute atomic E-state index is 10.4. The second kappa shape index (κ2) is 11.2. The maximum Gasteiger partial charge on any atom is 0.132 e. The molecule has 0 bridgehead atoms. The standard InChI is InChI=1S/C22H29ClO5S/c1-5-16(27-6-2)9-7-13(3)11-15-12-14(8-10-17(15)23)21-19(25)18(24)20(26)22(28-21)29-4/h5,7-10,12,18-22,24-26H,1,6,11H2,2-4H3/b13-7+,16-9+/t18-,19-,20+,21?,22-/m1/s1. The lowest BCUT2D eigenvalue weighted by molar-refractivity contribution is -0.200. The SMILES string of the molecule is C=C/C(=C\C=C(/C)Cc1cc(C2O[C@H](SC)[C@@H](O)[C@H](O)[C@H]2O)ccc1Cl)OCC. The Balaban J connectivity index is 2.24. The van der Waals surface area contributed by atoms with Crippen molar-refractivity contribution in [2.45, 2.75) is 50.1 Å². The summed E-state index contributed by atoms with van der Waals surface area (Å²) < 4.78 is 11.3. The van der Waals surface area contributed by atoms with E-state index >= 15 is 0 Å².